The van der Waals surface area contributed by atoms with Gasteiger partial charge in [0.25, 0.3) is 5.91 Å². The van der Waals surface area contributed by atoms with Crippen LogP contribution in [0.4, 0.5) is 5.69 Å². The van der Waals surface area contributed by atoms with Crippen molar-refractivity contribution in [3.8, 4) is 0 Å². The number of hydrogen-bond donors (Lipinski definition) is 3. The minimum Gasteiger partial charge on any atom is -0.378 e. The number of nitrogens with zero attached hydrogens (tertiary/aromatic N) is 1. The molecule has 0 unspecified atom stereocenters. The fourth-order valence-corrected chi connectivity index (χ4v) is 3.29. The molecule has 0 saturated heterocycles. The number of para-hydroxylation sites is 1. The molecule has 0 radical (unpaired) electrons. The Bertz CT molecular complexity index is 882. The van der Waals surface area contributed by atoms with Crippen molar-refractivity contribution in [1.82, 2.24) is 4.98 Å². The molecule has 0 bridgehead atoms. The number of carbonyl (C=O) groups is 1. The smallest absolute Gasteiger partial charge is 0.275 e. The predicted octanol–water partition coefficient (Wildman–Crippen LogP) is 1.80. The highest BCUT2D eigenvalue weighted by Crippen LogP contribution is 2.30. The highest BCUT2D eigenvalue weighted by Gasteiger charge is 2.22. The van der Waals surface area contributed by atoms with Crippen LogP contribution in [0.15, 0.2) is 54.7 Å². The summed E-state index contributed by atoms with van der Waals surface area (Å²) in [6, 6.07) is 16.7. The lowest BCUT2D eigenvalue weighted by Crippen LogP contribution is -2.92. The maximum Gasteiger partial charge on any atom is 0.275 e. The van der Waals surface area contributed by atoms with E-state index in [9.17, 15) is 4.79 Å². The molecule has 1 aromatic heterocycles. The molecular weight excluding hydrogens is 324 g/mol. The van der Waals surface area contributed by atoms with Crippen molar-refractivity contribution < 1.29 is 10.1 Å². The lowest BCUT2D eigenvalue weighted by Gasteiger charge is -2.19. The summed E-state index contributed by atoms with van der Waals surface area (Å²) in [5.74, 6) is -0.116. The second-order valence-corrected chi connectivity index (χ2v) is 6.99. The normalized spacial score (nSPS) is 13.5. The molecule has 5 nitrogen and oxygen atoms in total. The summed E-state index contributed by atoms with van der Waals surface area (Å²) < 4.78 is 0. The minimum atomic E-state index is -0.286. The van der Waals surface area contributed by atoms with Crippen LogP contribution in [0.2, 0.25) is 0 Å². The number of amides is 1. The molecule has 26 heavy (non-hydrogen) atoms. The average Bonchev–Trinajstić information content (AvgIpc) is 3.06. The third kappa shape index (κ3) is 3.73. The van der Waals surface area contributed by atoms with Crippen LogP contribution < -0.4 is 16.0 Å². The van der Waals surface area contributed by atoms with Gasteiger partial charge in [-0.2, -0.15) is 0 Å². The molecule has 5 heteroatoms. The second kappa shape index (κ2) is 7.62. The minimum absolute atomic E-state index is 0.171. The lowest BCUT2D eigenvalue weighted by atomic mass is 9.90. The van der Waals surface area contributed by atoms with Crippen LogP contribution in [0.3, 0.4) is 0 Å². The molecular formula is C21H27N4O+. The van der Waals surface area contributed by atoms with E-state index in [2.05, 4.69) is 58.5 Å². The zero-order valence-corrected chi connectivity index (χ0v) is 15.6. The Kier molecular flexibility index (Phi) is 5.28. The number of anilines is 1. The van der Waals surface area contributed by atoms with Crippen molar-refractivity contribution in [1.29, 1.82) is 0 Å². The van der Waals surface area contributed by atoms with Crippen LogP contribution in [-0.2, 0) is 4.79 Å². The molecule has 1 heterocycles. The van der Waals surface area contributed by atoms with Gasteiger partial charge in [-0.25, -0.2) is 0 Å². The van der Waals surface area contributed by atoms with Gasteiger partial charge in [0.2, 0.25) is 0 Å². The fourth-order valence-electron chi connectivity index (χ4n) is 3.29. The van der Waals surface area contributed by atoms with Gasteiger partial charge >= 0.3 is 0 Å². The van der Waals surface area contributed by atoms with Crippen LogP contribution in [-0.4, -0.2) is 37.6 Å². The van der Waals surface area contributed by atoms with E-state index in [0.29, 0.717) is 0 Å². The number of primary amides is 1. The van der Waals surface area contributed by atoms with Gasteiger partial charge in [0.15, 0.2) is 6.04 Å². The average molecular weight is 351 g/mol. The molecule has 0 fully saturated rings. The van der Waals surface area contributed by atoms with Crippen LogP contribution in [0.25, 0.3) is 10.9 Å². The van der Waals surface area contributed by atoms with Crippen molar-refractivity contribution in [2.75, 3.05) is 25.5 Å². The number of H-pyrrole nitrogens is 1. The Balaban J connectivity index is 1.97. The van der Waals surface area contributed by atoms with E-state index in [-0.39, 0.29) is 17.9 Å². The number of quaternary nitrogens is 1. The van der Waals surface area contributed by atoms with Crippen molar-refractivity contribution in [3.63, 3.8) is 0 Å². The Morgan fingerprint density at radius 2 is 1.85 bits per heavy atom. The first kappa shape index (κ1) is 18.0. The number of fused-ring (bicyclic) bond motifs is 1. The molecule has 3 aromatic rings. The molecule has 3 rings (SSSR count). The Morgan fingerprint density at radius 3 is 2.50 bits per heavy atom. The third-order valence-electron chi connectivity index (χ3n) is 4.98. The van der Waals surface area contributed by atoms with Crippen LogP contribution in [0.1, 0.15) is 24.0 Å². The number of rotatable bonds is 7. The van der Waals surface area contributed by atoms with Gasteiger partial charge in [-0.05, 0) is 36.2 Å². The van der Waals surface area contributed by atoms with Gasteiger partial charge in [0, 0.05) is 36.9 Å². The Hall–Kier alpha value is -2.79. The fraction of sp³-hybridized carbons (Fsp3) is 0.286. The monoisotopic (exact) mass is 351 g/mol. The van der Waals surface area contributed by atoms with Crippen LogP contribution in [0.5, 0.6) is 0 Å². The lowest BCUT2D eigenvalue weighted by molar-refractivity contribution is -0.674. The number of aromatic amines is 1. The third-order valence-corrected chi connectivity index (χ3v) is 4.98. The quantitative estimate of drug-likeness (QED) is 0.607. The summed E-state index contributed by atoms with van der Waals surface area (Å²) in [6.45, 7) is 2.61. The van der Waals surface area contributed by atoms with E-state index in [1.165, 1.54) is 22.2 Å². The highest BCUT2D eigenvalue weighted by molar-refractivity contribution is 5.84. The van der Waals surface area contributed by atoms with E-state index in [1.54, 1.807) is 0 Å². The topological polar surface area (TPSA) is 78.7 Å². The van der Waals surface area contributed by atoms with Crippen molar-refractivity contribution in [3.05, 3.63) is 65.9 Å². The molecule has 2 aromatic carbocycles. The van der Waals surface area contributed by atoms with E-state index < -0.39 is 0 Å². The number of benzene rings is 2. The molecule has 0 aliphatic heterocycles. The van der Waals surface area contributed by atoms with Crippen molar-refractivity contribution in [2.24, 2.45) is 5.73 Å². The summed E-state index contributed by atoms with van der Waals surface area (Å²) in [5.41, 5.74) is 10.2. The largest absolute Gasteiger partial charge is 0.378 e. The molecule has 1 amide bonds. The van der Waals surface area contributed by atoms with E-state index in [1.807, 2.05) is 32.4 Å². The maximum atomic E-state index is 11.4. The summed E-state index contributed by atoms with van der Waals surface area (Å²) >= 11 is 0. The van der Waals surface area contributed by atoms with E-state index >= 15 is 0 Å². The Labute approximate surface area is 154 Å². The molecule has 0 spiro atoms. The SMILES string of the molecule is C[C@@H]([NH2+]C[C@@H](c1ccc(N(C)C)cc1)c1c[nH]c2ccccc12)C(N)=O. The first-order valence-corrected chi connectivity index (χ1v) is 8.93. The number of hydrogen-bond acceptors (Lipinski definition) is 2. The number of nitrogens with one attached hydrogen (secondary N) is 1. The summed E-state index contributed by atoms with van der Waals surface area (Å²) in [6.07, 6.45) is 2.08. The molecule has 5 N–H and O–H groups in total. The van der Waals surface area contributed by atoms with Crippen LogP contribution >= 0.6 is 0 Å². The standard InChI is InChI=1S/C21H26N4O/c1-14(21(22)26)23-12-18(15-8-10-16(11-9-15)25(2)3)19-13-24-20-7-5-4-6-17(19)20/h4-11,13-14,18,23-24H,12H2,1-3H3,(H2,22,26)/p+1/t14-,18+/m1/s1. The van der Waals surface area contributed by atoms with Gasteiger partial charge in [0.05, 0.1) is 12.5 Å². The van der Waals surface area contributed by atoms with Crippen LogP contribution in [0, 0.1) is 0 Å². The maximum absolute atomic E-state index is 11.4. The summed E-state index contributed by atoms with van der Waals surface area (Å²) in [4.78, 5) is 16.9. The van der Waals surface area contributed by atoms with Crippen molar-refractivity contribution in [2.45, 2.75) is 18.9 Å². The van der Waals surface area contributed by atoms with Gasteiger partial charge in [0.1, 0.15) is 0 Å². The van der Waals surface area contributed by atoms with Gasteiger partial charge < -0.3 is 20.9 Å². The first-order chi connectivity index (χ1) is 12.5. The summed E-state index contributed by atoms with van der Waals surface area (Å²) in [5, 5.41) is 3.24. The molecule has 0 saturated carbocycles. The Morgan fingerprint density at radius 1 is 1.15 bits per heavy atom. The van der Waals surface area contributed by atoms with Gasteiger partial charge in [-0.3, -0.25) is 4.79 Å². The highest BCUT2D eigenvalue weighted by atomic mass is 16.1. The number of aromatic nitrogens is 1. The van der Waals surface area contributed by atoms with Gasteiger partial charge in [-0.15, -0.1) is 0 Å². The molecule has 2 atom stereocenters. The molecule has 136 valence electrons. The van der Waals surface area contributed by atoms with Crippen molar-refractivity contribution >= 4 is 22.5 Å². The van der Waals surface area contributed by atoms with E-state index in [4.69, 9.17) is 5.73 Å². The summed E-state index contributed by atoms with van der Waals surface area (Å²) in [7, 11) is 4.07. The zero-order valence-electron chi connectivity index (χ0n) is 15.6. The zero-order chi connectivity index (χ0) is 18.7. The second-order valence-electron chi connectivity index (χ2n) is 6.99. The number of carbonyl (C=O) groups excluding carboxylic acids is 1. The van der Waals surface area contributed by atoms with Gasteiger partial charge in [-0.1, -0.05) is 30.3 Å². The molecule has 0 aliphatic carbocycles. The predicted molar refractivity (Wildman–Crippen MR) is 106 cm³/mol. The number of nitrogens with two attached hydrogens (primary N) is 2. The first-order valence-electron chi connectivity index (χ1n) is 8.93. The van der Waals surface area contributed by atoms with E-state index in [0.717, 1.165) is 12.1 Å². The molecule has 0 aliphatic rings.